The number of benzene rings is 3. The lowest BCUT2D eigenvalue weighted by Crippen LogP contribution is -2.44. The van der Waals surface area contributed by atoms with Crippen molar-refractivity contribution >= 4 is 55.1 Å². The van der Waals surface area contributed by atoms with Crippen molar-refractivity contribution in [2.45, 2.75) is 13.0 Å². The number of anilines is 3. The highest BCUT2D eigenvalue weighted by Gasteiger charge is 2.15. The largest absolute Gasteiger partial charge is 0.493 e. The lowest BCUT2D eigenvalue weighted by molar-refractivity contribution is 0.145. The molecule has 11 nitrogen and oxygen atoms in total. The number of aromatic nitrogens is 3. The highest BCUT2D eigenvalue weighted by molar-refractivity contribution is 7.22. The van der Waals surface area contributed by atoms with Gasteiger partial charge in [0.05, 0.1) is 29.5 Å². The Morgan fingerprint density at radius 3 is 2.64 bits per heavy atom. The number of carbonyl (C=O) groups excluding carboxylic acids is 1. The summed E-state index contributed by atoms with van der Waals surface area (Å²) in [4.78, 5) is 30.8. The number of piperazine rings is 1. The van der Waals surface area contributed by atoms with Gasteiger partial charge in [-0.05, 0) is 43.3 Å². The lowest BCUT2D eigenvalue weighted by atomic mass is 10.2. The fourth-order valence-electron chi connectivity index (χ4n) is 5.09. The van der Waals surface area contributed by atoms with E-state index in [4.69, 9.17) is 9.47 Å². The summed E-state index contributed by atoms with van der Waals surface area (Å²) in [7, 11) is 3.81. The van der Waals surface area contributed by atoms with Crippen LogP contribution in [0.5, 0.6) is 11.5 Å². The highest BCUT2D eigenvalue weighted by atomic mass is 32.1. The second-order valence-electron chi connectivity index (χ2n) is 10.7. The van der Waals surface area contributed by atoms with Crippen LogP contribution < -0.4 is 25.4 Å². The molecule has 5 aromatic rings. The molecule has 228 valence electrons. The van der Waals surface area contributed by atoms with E-state index in [0.29, 0.717) is 35.6 Å². The van der Waals surface area contributed by atoms with Crippen LogP contribution in [-0.4, -0.2) is 84.3 Å². The Kier molecular flexibility index (Phi) is 9.30. The van der Waals surface area contributed by atoms with E-state index >= 15 is 0 Å². The third-order valence-electron chi connectivity index (χ3n) is 7.56. The van der Waals surface area contributed by atoms with Crippen LogP contribution in [0.4, 0.5) is 21.4 Å². The topological polar surface area (TPSA) is 117 Å². The average molecular weight is 613 g/mol. The number of methoxy groups -OCH3 is 1. The molecule has 1 saturated heterocycles. The van der Waals surface area contributed by atoms with Crippen LogP contribution in [0.3, 0.4) is 0 Å². The Bertz CT molecular complexity index is 1720. The molecule has 1 fully saturated rings. The molecule has 2 aromatic heterocycles. The maximum absolute atomic E-state index is 12.4. The van der Waals surface area contributed by atoms with Gasteiger partial charge in [-0.15, -0.1) is 0 Å². The number of rotatable bonds is 11. The summed E-state index contributed by atoms with van der Waals surface area (Å²) in [6.45, 7) is 6.48. The molecule has 0 aliphatic carbocycles. The minimum atomic E-state index is -0.300. The fraction of sp³-hybridized carbons (Fsp3) is 0.312. The van der Waals surface area contributed by atoms with E-state index in [1.54, 1.807) is 7.11 Å². The number of ether oxygens (including phenoxy) is 2. The van der Waals surface area contributed by atoms with Crippen molar-refractivity contribution in [2.75, 3.05) is 64.1 Å². The Morgan fingerprint density at radius 2 is 1.82 bits per heavy atom. The molecule has 12 heteroatoms. The lowest BCUT2D eigenvalue weighted by Gasteiger charge is -2.32. The molecule has 3 heterocycles. The second kappa shape index (κ2) is 13.8. The van der Waals surface area contributed by atoms with Gasteiger partial charge in [-0.1, -0.05) is 41.7 Å². The van der Waals surface area contributed by atoms with Crippen molar-refractivity contribution in [1.82, 2.24) is 30.1 Å². The van der Waals surface area contributed by atoms with Crippen LogP contribution in [0.2, 0.25) is 0 Å². The van der Waals surface area contributed by atoms with Gasteiger partial charge in [-0.25, -0.2) is 19.7 Å². The van der Waals surface area contributed by atoms with Gasteiger partial charge in [0, 0.05) is 56.4 Å². The summed E-state index contributed by atoms with van der Waals surface area (Å²) >= 11 is 1.40. The number of urea groups is 1. The molecule has 0 radical (unpaired) electrons. The van der Waals surface area contributed by atoms with Gasteiger partial charge in [0.25, 0.3) is 0 Å². The van der Waals surface area contributed by atoms with E-state index in [-0.39, 0.29) is 6.03 Å². The first-order valence-electron chi connectivity index (χ1n) is 14.7. The number of amides is 2. The Balaban J connectivity index is 1.10. The number of hydrogen-bond donors (Lipinski definition) is 3. The minimum absolute atomic E-state index is 0.300. The van der Waals surface area contributed by atoms with Crippen LogP contribution in [0, 0.1) is 0 Å². The van der Waals surface area contributed by atoms with Crippen molar-refractivity contribution in [1.29, 1.82) is 0 Å². The third-order valence-corrected chi connectivity index (χ3v) is 8.49. The molecule has 0 unspecified atom stereocenters. The Labute approximate surface area is 260 Å². The second-order valence-corrected chi connectivity index (χ2v) is 11.7. The van der Waals surface area contributed by atoms with Crippen molar-refractivity contribution in [3.63, 3.8) is 0 Å². The van der Waals surface area contributed by atoms with Crippen LogP contribution >= 0.6 is 11.3 Å². The number of nitrogens with zero attached hydrogens (tertiary/aromatic N) is 5. The number of carbonyl (C=O) groups is 1. The summed E-state index contributed by atoms with van der Waals surface area (Å²) < 4.78 is 12.7. The summed E-state index contributed by atoms with van der Waals surface area (Å²) in [6, 6.07) is 19.1. The molecule has 44 heavy (non-hydrogen) atoms. The Morgan fingerprint density at radius 1 is 0.977 bits per heavy atom. The van der Waals surface area contributed by atoms with Crippen LogP contribution in [0.15, 0.2) is 67.0 Å². The van der Waals surface area contributed by atoms with Gasteiger partial charge >= 0.3 is 6.03 Å². The maximum atomic E-state index is 12.4. The average Bonchev–Trinajstić information content (AvgIpc) is 3.44. The SMILES string of the molecule is COc1cc2c(Nc3ccc4nc(NC(=O)NCc5ccccc5)sc4c3)ncnc2cc1OCCCN1CCN(C)CC1. The monoisotopic (exact) mass is 612 g/mol. The van der Waals surface area contributed by atoms with Crippen LogP contribution in [-0.2, 0) is 6.54 Å². The molecule has 1 aliphatic rings. The molecular weight excluding hydrogens is 576 g/mol. The smallest absolute Gasteiger partial charge is 0.321 e. The van der Waals surface area contributed by atoms with E-state index in [1.807, 2.05) is 60.7 Å². The summed E-state index contributed by atoms with van der Waals surface area (Å²) in [5.74, 6) is 1.95. The predicted molar refractivity (Wildman–Crippen MR) is 175 cm³/mol. The van der Waals surface area contributed by atoms with Gasteiger partial charge in [-0.3, -0.25) is 5.32 Å². The molecule has 1 aliphatic heterocycles. The van der Waals surface area contributed by atoms with Gasteiger partial charge in [0.1, 0.15) is 12.1 Å². The van der Waals surface area contributed by atoms with Crippen molar-refractivity contribution in [3.8, 4) is 11.5 Å². The summed E-state index contributed by atoms with van der Waals surface area (Å²) in [6.07, 6.45) is 2.48. The molecule has 0 atom stereocenters. The normalized spacial score (nSPS) is 14.0. The van der Waals surface area contributed by atoms with E-state index in [9.17, 15) is 4.79 Å². The van der Waals surface area contributed by atoms with Gasteiger partial charge in [0.2, 0.25) is 0 Å². The van der Waals surface area contributed by atoms with E-state index in [0.717, 1.165) is 71.5 Å². The van der Waals surface area contributed by atoms with Crippen LogP contribution in [0.1, 0.15) is 12.0 Å². The molecule has 3 aromatic carbocycles. The molecule has 2 amide bonds. The Hall–Kier alpha value is -4.52. The zero-order valence-electron chi connectivity index (χ0n) is 24.9. The van der Waals surface area contributed by atoms with Gasteiger partial charge in [-0.2, -0.15) is 0 Å². The molecule has 0 bridgehead atoms. The number of fused-ring (bicyclic) bond motifs is 2. The molecule has 0 spiro atoms. The number of hydrogen-bond acceptors (Lipinski definition) is 10. The third kappa shape index (κ3) is 7.33. The van der Waals surface area contributed by atoms with Gasteiger partial charge < -0.3 is 29.9 Å². The fourth-order valence-corrected chi connectivity index (χ4v) is 5.99. The zero-order chi connectivity index (χ0) is 30.3. The first-order valence-corrected chi connectivity index (χ1v) is 15.5. The first kappa shape index (κ1) is 29.5. The standard InChI is InChI=1S/C32H36N8O3S/c1-39-12-14-40(15-13-39)11-6-16-43-28-19-26-24(18-27(28)42-2)30(35-21-34-26)36-23-9-10-25-29(17-23)44-32(37-25)38-31(41)33-20-22-7-4-3-5-8-22/h3-5,7-10,17-19,21H,6,11-16,20H2,1-2H3,(H,34,35,36)(H2,33,37,38,41). The molecule has 3 N–H and O–H groups in total. The minimum Gasteiger partial charge on any atom is -0.493 e. The number of thiazole rings is 1. The van der Waals surface area contributed by atoms with Gasteiger partial charge in [0.15, 0.2) is 16.6 Å². The summed E-state index contributed by atoms with van der Waals surface area (Å²) in [5.41, 5.74) is 3.41. The quantitative estimate of drug-likeness (QED) is 0.170. The summed E-state index contributed by atoms with van der Waals surface area (Å²) in [5, 5.41) is 10.5. The number of likely N-dealkylation sites (N-methyl/N-ethyl adjacent to an activating group) is 1. The predicted octanol–water partition coefficient (Wildman–Crippen LogP) is 5.33. The van der Waals surface area contributed by atoms with E-state index < -0.39 is 0 Å². The molecular formula is C32H36N8O3S. The van der Waals surface area contributed by atoms with Crippen molar-refractivity contribution in [3.05, 3.63) is 72.6 Å². The van der Waals surface area contributed by atoms with Crippen molar-refractivity contribution < 1.29 is 14.3 Å². The highest BCUT2D eigenvalue weighted by Crippen LogP contribution is 2.36. The first-order chi connectivity index (χ1) is 21.5. The molecule has 6 rings (SSSR count). The maximum Gasteiger partial charge on any atom is 0.321 e. The van der Waals surface area contributed by atoms with Crippen molar-refractivity contribution in [2.24, 2.45) is 0 Å². The zero-order valence-corrected chi connectivity index (χ0v) is 25.7. The number of nitrogens with one attached hydrogen (secondary N) is 3. The molecule has 0 saturated carbocycles. The van der Waals surface area contributed by atoms with Crippen LogP contribution in [0.25, 0.3) is 21.1 Å². The van der Waals surface area contributed by atoms with E-state index in [2.05, 4.69) is 47.7 Å². The van der Waals surface area contributed by atoms with E-state index in [1.165, 1.54) is 17.7 Å².